The molecule has 136 valence electrons. The van der Waals surface area contributed by atoms with E-state index in [9.17, 15) is 4.79 Å². The molecule has 0 saturated heterocycles. The van der Waals surface area contributed by atoms with E-state index in [2.05, 4.69) is 25.9 Å². The first-order valence-corrected chi connectivity index (χ1v) is 9.44. The van der Waals surface area contributed by atoms with Gasteiger partial charge in [0.15, 0.2) is 10.9 Å². The normalized spacial score (nSPS) is 11.5. The molecule has 3 rings (SSSR count). The molecule has 2 N–H and O–H groups in total. The average Bonchev–Trinajstić information content (AvgIpc) is 3.14. The molecular formula is C17H20N6OS2. The van der Waals surface area contributed by atoms with Crippen LogP contribution in [0.1, 0.15) is 33.5 Å². The van der Waals surface area contributed by atoms with Gasteiger partial charge in [0.2, 0.25) is 10.9 Å². The highest BCUT2D eigenvalue weighted by Crippen LogP contribution is 2.27. The summed E-state index contributed by atoms with van der Waals surface area (Å²) >= 11 is 6.71. The third kappa shape index (κ3) is 3.88. The molecular weight excluding hydrogens is 368 g/mol. The first kappa shape index (κ1) is 18.4. The summed E-state index contributed by atoms with van der Waals surface area (Å²) in [5.41, 5.74) is 1.22. The Morgan fingerprint density at radius 3 is 2.77 bits per heavy atom. The Bertz CT molecular complexity index is 969. The summed E-state index contributed by atoms with van der Waals surface area (Å²) in [6.07, 6.45) is 0.772. The summed E-state index contributed by atoms with van der Waals surface area (Å²) in [6.45, 7) is 7.53. The Morgan fingerprint density at radius 1 is 1.31 bits per heavy atom. The number of nitrogens with zero attached hydrogens (tertiary/aromatic N) is 4. The van der Waals surface area contributed by atoms with E-state index in [-0.39, 0.29) is 11.0 Å². The molecule has 0 bridgehead atoms. The van der Waals surface area contributed by atoms with Crippen molar-refractivity contribution in [3.05, 3.63) is 30.1 Å². The molecule has 0 saturated carbocycles. The number of aromatic nitrogens is 4. The molecule has 2 heterocycles. The van der Waals surface area contributed by atoms with Crippen LogP contribution in [-0.2, 0) is 11.2 Å². The number of hydrogen-bond donors (Lipinski definition) is 2. The second-order valence-electron chi connectivity index (χ2n) is 6.81. The Labute approximate surface area is 160 Å². The first-order valence-electron chi connectivity index (χ1n) is 8.22. The topological polar surface area (TPSA) is 84.2 Å². The minimum absolute atomic E-state index is 0.133. The van der Waals surface area contributed by atoms with Crippen molar-refractivity contribution in [2.24, 2.45) is 5.41 Å². The summed E-state index contributed by atoms with van der Waals surface area (Å²) < 4.78 is 1.77. The summed E-state index contributed by atoms with van der Waals surface area (Å²) in [5.74, 6) is 0.703. The fraction of sp³-hybridized carbons (Fsp3) is 0.353. The molecule has 0 spiro atoms. The molecule has 26 heavy (non-hydrogen) atoms. The van der Waals surface area contributed by atoms with Gasteiger partial charge in [-0.3, -0.25) is 4.79 Å². The molecule has 0 fully saturated rings. The Morgan fingerprint density at radius 2 is 2.08 bits per heavy atom. The molecule has 0 atom stereocenters. The smallest absolute Gasteiger partial charge is 0.234 e. The summed E-state index contributed by atoms with van der Waals surface area (Å²) in [4.78, 5) is 12.8. The van der Waals surface area contributed by atoms with Crippen LogP contribution in [0, 0.1) is 5.41 Å². The van der Waals surface area contributed by atoms with E-state index in [0.29, 0.717) is 0 Å². The zero-order valence-corrected chi connectivity index (χ0v) is 16.7. The van der Waals surface area contributed by atoms with Crippen LogP contribution in [0.4, 0.5) is 5.69 Å². The standard InChI is InChI=1S/C17H20N6OS2/c1-5-12-20-21-16-23(12)22-13(26-16)10-7-6-8-11(9-10)18-15(25)19-14(24)17(2,3)4/h6-9H,5H2,1-4H3,(H2,18,19,24,25). The maximum Gasteiger partial charge on any atom is 0.234 e. The number of hydrogen-bond acceptors (Lipinski definition) is 6. The van der Waals surface area contributed by atoms with Crippen LogP contribution in [-0.4, -0.2) is 30.8 Å². The molecule has 2 aromatic heterocycles. The maximum absolute atomic E-state index is 12.0. The fourth-order valence-corrected chi connectivity index (χ4v) is 3.24. The molecule has 9 heteroatoms. The van der Waals surface area contributed by atoms with Gasteiger partial charge in [-0.25, -0.2) is 0 Å². The quantitative estimate of drug-likeness (QED) is 0.670. The predicted molar refractivity (Wildman–Crippen MR) is 107 cm³/mol. The van der Waals surface area contributed by atoms with Crippen molar-refractivity contribution in [3.8, 4) is 10.6 Å². The molecule has 0 radical (unpaired) electrons. The van der Waals surface area contributed by atoms with Crippen molar-refractivity contribution in [2.45, 2.75) is 34.1 Å². The lowest BCUT2D eigenvalue weighted by Gasteiger charge is -2.18. The van der Waals surface area contributed by atoms with Crippen molar-refractivity contribution in [3.63, 3.8) is 0 Å². The van der Waals surface area contributed by atoms with E-state index >= 15 is 0 Å². The molecule has 1 amide bonds. The minimum Gasteiger partial charge on any atom is -0.332 e. The number of rotatable bonds is 3. The van der Waals surface area contributed by atoms with Crippen LogP contribution < -0.4 is 10.6 Å². The van der Waals surface area contributed by atoms with Gasteiger partial charge >= 0.3 is 0 Å². The monoisotopic (exact) mass is 388 g/mol. The minimum atomic E-state index is -0.506. The predicted octanol–water partition coefficient (Wildman–Crippen LogP) is 3.27. The highest BCUT2D eigenvalue weighted by molar-refractivity contribution is 7.80. The van der Waals surface area contributed by atoms with Crippen LogP contribution in [0.5, 0.6) is 0 Å². The van der Waals surface area contributed by atoms with Gasteiger partial charge in [-0.15, -0.1) is 10.2 Å². The number of carbonyl (C=O) groups excluding carboxylic acids is 1. The van der Waals surface area contributed by atoms with Gasteiger partial charge in [0, 0.05) is 23.1 Å². The second kappa shape index (κ2) is 7.08. The second-order valence-corrected chi connectivity index (χ2v) is 8.17. The Balaban J connectivity index is 1.78. The number of nitrogens with one attached hydrogen (secondary N) is 2. The van der Waals surface area contributed by atoms with Crippen LogP contribution in [0.2, 0.25) is 0 Å². The number of fused-ring (bicyclic) bond motifs is 1. The van der Waals surface area contributed by atoms with Crippen molar-refractivity contribution in [2.75, 3.05) is 5.32 Å². The van der Waals surface area contributed by atoms with E-state index in [4.69, 9.17) is 12.2 Å². The van der Waals surface area contributed by atoms with Crippen molar-refractivity contribution in [1.82, 2.24) is 25.1 Å². The lowest BCUT2D eigenvalue weighted by molar-refractivity contribution is -0.126. The first-order chi connectivity index (χ1) is 12.3. The van der Waals surface area contributed by atoms with Gasteiger partial charge in [0.25, 0.3) is 0 Å². The van der Waals surface area contributed by atoms with Crippen molar-refractivity contribution in [1.29, 1.82) is 0 Å². The summed E-state index contributed by atoms with van der Waals surface area (Å²) in [7, 11) is 0. The number of anilines is 1. The fourth-order valence-electron chi connectivity index (χ4n) is 2.18. The highest BCUT2D eigenvalue weighted by atomic mass is 32.1. The van der Waals surface area contributed by atoms with Gasteiger partial charge in [0.1, 0.15) is 5.01 Å². The van der Waals surface area contributed by atoms with Gasteiger partial charge in [-0.2, -0.15) is 9.61 Å². The number of carbonyl (C=O) groups is 1. The van der Waals surface area contributed by atoms with E-state index in [1.165, 1.54) is 11.3 Å². The number of amides is 1. The number of benzene rings is 1. The molecule has 0 aliphatic rings. The Hall–Kier alpha value is -2.39. The molecule has 0 aliphatic carbocycles. The lowest BCUT2D eigenvalue weighted by Crippen LogP contribution is -2.41. The third-order valence-corrected chi connectivity index (χ3v) is 4.80. The van der Waals surface area contributed by atoms with Crippen LogP contribution >= 0.6 is 23.6 Å². The Kier molecular flexibility index (Phi) is 5.01. The molecule has 0 aliphatic heterocycles. The van der Waals surface area contributed by atoms with Gasteiger partial charge in [0.05, 0.1) is 0 Å². The van der Waals surface area contributed by atoms with E-state index in [1.54, 1.807) is 4.52 Å². The van der Waals surface area contributed by atoms with E-state index in [0.717, 1.165) is 33.5 Å². The van der Waals surface area contributed by atoms with Gasteiger partial charge in [-0.05, 0) is 24.4 Å². The number of thiocarbonyl (C=S) groups is 1. The zero-order valence-electron chi connectivity index (χ0n) is 15.0. The highest BCUT2D eigenvalue weighted by Gasteiger charge is 2.22. The molecule has 7 nitrogen and oxygen atoms in total. The van der Waals surface area contributed by atoms with Gasteiger partial charge in [-0.1, -0.05) is 51.2 Å². The summed E-state index contributed by atoms with van der Waals surface area (Å²) in [5, 5.41) is 19.7. The van der Waals surface area contributed by atoms with Gasteiger partial charge < -0.3 is 10.6 Å². The molecule has 1 aromatic carbocycles. The lowest BCUT2D eigenvalue weighted by atomic mass is 9.96. The summed E-state index contributed by atoms with van der Waals surface area (Å²) in [6, 6.07) is 7.71. The molecule has 3 aromatic rings. The number of aryl methyl sites for hydroxylation is 1. The van der Waals surface area contributed by atoms with Crippen LogP contribution in [0.15, 0.2) is 24.3 Å². The van der Waals surface area contributed by atoms with E-state index in [1.807, 2.05) is 52.0 Å². The van der Waals surface area contributed by atoms with Crippen LogP contribution in [0.3, 0.4) is 0 Å². The maximum atomic E-state index is 12.0. The zero-order chi connectivity index (χ0) is 18.9. The van der Waals surface area contributed by atoms with E-state index < -0.39 is 5.41 Å². The third-order valence-electron chi connectivity index (χ3n) is 3.65. The molecule has 0 unspecified atom stereocenters. The van der Waals surface area contributed by atoms with Crippen molar-refractivity contribution < 1.29 is 4.79 Å². The van der Waals surface area contributed by atoms with Crippen LogP contribution in [0.25, 0.3) is 15.5 Å². The largest absolute Gasteiger partial charge is 0.332 e. The van der Waals surface area contributed by atoms with Crippen molar-refractivity contribution >= 4 is 45.2 Å². The SMILES string of the molecule is CCc1nnc2sc(-c3cccc(NC(=S)NC(=O)C(C)(C)C)c3)nn12. The average molecular weight is 389 g/mol.